The summed E-state index contributed by atoms with van der Waals surface area (Å²) in [5, 5.41) is 0. The van der Waals surface area contributed by atoms with E-state index < -0.39 is 10.8 Å². The molecule has 20 heavy (non-hydrogen) atoms. The van der Waals surface area contributed by atoms with E-state index in [1.807, 2.05) is 43.3 Å². The standard InChI is InChI=1S/C16H15BrO2S/c1-12-5-2-3-6-14(12)10-20(19)11-16(18)13-7-4-8-15(17)9-13/h2-9H,10-11H2,1H3. The molecule has 1 atom stereocenters. The van der Waals surface area contributed by atoms with Gasteiger partial charge in [-0.1, -0.05) is 52.3 Å². The van der Waals surface area contributed by atoms with Gasteiger partial charge in [0.05, 0.1) is 5.75 Å². The van der Waals surface area contributed by atoms with Crippen LogP contribution in [0, 0.1) is 6.92 Å². The van der Waals surface area contributed by atoms with Crippen LogP contribution in [0.15, 0.2) is 53.0 Å². The first-order valence-electron chi connectivity index (χ1n) is 6.24. The van der Waals surface area contributed by atoms with Crippen LogP contribution in [0.4, 0.5) is 0 Å². The summed E-state index contributed by atoms with van der Waals surface area (Å²) < 4.78 is 13.0. The molecule has 0 aromatic heterocycles. The van der Waals surface area contributed by atoms with Gasteiger partial charge >= 0.3 is 0 Å². The first kappa shape index (κ1) is 15.1. The van der Waals surface area contributed by atoms with E-state index in [1.165, 1.54) is 0 Å². The zero-order valence-electron chi connectivity index (χ0n) is 11.1. The number of ketones is 1. The monoisotopic (exact) mass is 350 g/mol. The molecule has 4 heteroatoms. The lowest BCUT2D eigenvalue weighted by Gasteiger charge is -2.05. The van der Waals surface area contributed by atoms with E-state index in [9.17, 15) is 9.00 Å². The van der Waals surface area contributed by atoms with Crippen molar-refractivity contribution in [2.75, 3.05) is 5.75 Å². The lowest BCUT2D eigenvalue weighted by molar-refractivity contribution is 0.102. The Labute approximate surface area is 129 Å². The van der Waals surface area contributed by atoms with E-state index >= 15 is 0 Å². The molecule has 0 radical (unpaired) electrons. The van der Waals surface area contributed by atoms with Crippen molar-refractivity contribution < 1.29 is 9.00 Å². The van der Waals surface area contributed by atoms with E-state index in [0.29, 0.717) is 11.3 Å². The molecule has 1 unspecified atom stereocenters. The second-order valence-corrected chi connectivity index (χ2v) is 6.96. The number of hydrogen-bond acceptors (Lipinski definition) is 2. The van der Waals surface area contributed by atoms with Crippen molar-refractivity contribution in [1.82, 2.24) is 0 Å². The number of rotatable bonds is 5. The summed E-state index contributed by atoms with van der Waals surface area (Å²) in [7, 11) is -1.18. The van der Waals surface area contributed by atoms with Gasteiger partial charge in [-0.2, -0.15) is 0 Å². The average Bonchev–Trinajstić information content (AvgIpc) is 2.41. The summed E-state index contributed by atoms with van der Waals surface area (Å²) in [5.41, 5.74) is 2.74. The van der Waals surface area contributed by atoms with Crippen molar-refractivity contribution >= 4 is 32.5 Å². The third kappa shape index (κ3) is 4.12. The number of Topliss-reactive ketones (excluding diaryl/α,β-unsaturated/α-hetero) is 1. The number of aryl methyl sites for hydroxylation is 1. The van der Waals surface area contributed by atoms with E-state index in [2.05, 4.69) is 15.9 Å². The number of carbonyl (C=O) groups excluding carboxylic acids is 1. The minimum absolute atomic E-state index is 0.0603. The highest BCUT2D eigenvalue weighted by Gasteiger charge is 2.12. The maximum absolute atomic E-state index is 12.1. The van der Waals surface area contributed by atoms with Crippen LogP contribution in [0.1, 0.15) is 21.5 Å². The molecule has 2 aromatic rings. The fourth-order valence-corrected chi connectivity index (χ4v) is 3.52. The number of benzene rings is 2. The molecule has 0 aliphatic carbocycles. The summed E-state index contributed by atoms with van der Waals surface area (Å²) in [6.45, 7) is 1.99. The molecule has 0 aliphatic rings. The Morgan fingerprint density at radius 1 is 1.15 bits per heavy atom. The topological polar surface area (TPSA) is 34.1 Å². The van der Waals surface area contributed by atoms with Gasteiger partial charge in [0, 0.05) is 26.6 Å². The summed E-state index contributed by atoms with van der Waals surface area (Å²) in [6, 6.07) is 15.0. The third-order valence-electron chi connectivity index (χ3n) is 3.02. The SMILES string of the molecule is Cc1ccccc1CS(=O)CC(=O)c1cccc(Br)c1. The van der Waals surface area contributed by atoms with Crippen LogP contribution in [0.5, 0.6) is 0 Å². The molecule has 0 bridgehead atoms. The van der Waals surface area contributed by atoms with Gasteiger partial charge < -0.3 is 0 Å². The second kappa shape index (κ2) is 6.95. The van der Waals surface area contributed by atoms with Crippen molar-refractivity contribution in [3.8, 4) is 0 Å². The molecule has 104 valence electrons. The van der Waals surface area contributed by atoms with Crippen molar-refractivity contribution in [3.63, 3.8) is 0 Å². The van der Waals surface area contributed by atoms with Gasteiger partial charge in [-0.15, -0.1) is 0 Å². The maximum Gasteiger partial charge on any atom is 0.175 e. The smallest absolute Gasteiger partial charge is 0.175 e. The van der Waals surface area contributed by atoms with Crippen LogP contribution >= 0.6 is 15.9 Å². The molecular formula is C16H15BrO2S. The van der Waals surface area contributed by atoms with E-state index in [1.54, 1.807) is 12.1 Å². The van der Waals surface area contributed by atoms with E-state index in [-0.39, 0.29) is 11.5 Å². The summed E-state index contributed by atoms with van der Waals surface area (Å²) >= 11 is 3.33. The summed E-state index contributed by atoms with van der Waals surface area (Å²) in [6.07, 6.45) is 0. The van der Waals surface area contributed by atoms with Crippen molar-refractivity contribution in [3.05, 3.63) is 69.7 Å². The lowest BCUT2D eigenvalue weighted by atomic mass is 10.1. The predicted octanol–water partition coefficient (Wildman–Crippen LogP) is 3.89. The quantitative estimate of drug-likeness (QED) is 0.766. The number of hydrogen-bond donors (Lipinski definition) is 0. The molecule has 0 spiro atoms. The molecule has 0 saturated heterocycles. The number of carbonyl (C=O) groups is 1. The second-order valence-electron chi connectivity index (χ2n) is 4.59. The molecule has 0 fully saturated rings. The van der Waals surface area contributed by atoms with Crippen LogP contribution in [-0.4, -0.2) is 15.7 Å². The molecule has 2 nitrogen and oxygen atoms in total. The first-order chi connectivity index (χ1) is 9.56. The predicted molar refractivity (Wildman–Crippen MR) is 86.4 cm³/mol. The molecule has 2 rings (SSSR count). The Morgan fingerprint density at radius 2 is 1.90 bits per heavy atom. The molecule has 0 heterocycles. The molecular weight excluding hydrogens is 336 g/mol. The van der Waals surface area contributed by atoms with Gasteiger partial charge in [0.1, 0.15) is 0 Å². The van der Waals surface area contributed by atoms with Crippen LogP contribution in [0.3, 0.4) is 0 Å². The van der Waals surface area contributed by atoms with Crippen LogP contribution < -0.4 is 0 Å². The highest BCUT2D eigenvalue weighted by molar-refractivity contribution is 9.10. The fraction of sp³-hybridized carbons (Fsp3) is 0.188. The first-order valence-corrected chi connectivity index (χ1v) is 8.52. The normalized spacial score (nSPS) is 12.1. The molecule has 0 amide bonds. The minimum atomic E-state index is -1.18. The van der Waals surface area contributed by atoms with Gasteiger partial charge in [0.15, 0.2) is 5.78 Å². The Morgan fingerprint density at radius 3 is 2.60 bits per heavy atom. The van der Waals surface area contributed by atoms with Crippen LogP contribution in [0.25, 0.3) is 0 Å². The molecule has 0 aliphatic heterocycles. The highest BCUT2D eigenvalue weighted by Crippen LogP contribution is 2.14. The minimum Gasteiger partial charge on any atom is -0.293 e. The Kier molecular flexibility index (Phi) is 5.26. The van der Waals surface area contributed by atoms with Crippen LogP contribution in [0.2, 0.25) is 0 Å². The average molecular weight is 351 g/mol. The van der Waals surface area contributed by atoms with Crippen LogP contribution in [-0.2, 0) is 16.6 Å². The lowest BCUT2D eigenvalue weighted by Crippen LogP contribution is -2.12. The Balaban J connectivity index is 2.02. The largest absolute Gasteiger partial charge is 0.293 e. The van der Waals surface area contributed by atoms with Crippen molar-refractivity contribution in [2.45, 2.75) is 12.7 Å². The number of halogens is 1. The van der Waals surface area contributed by atoms with Gasteiger partial charge in [-0.25, -0.2) is 0 Å². The van der Waals surface area contributed by atoms with E-state index in [0.717, 1.165) is 15.6 Å². The molecule has 0 saturated carbocycles. The van der Waals surface area contributed by atoms with Gasteiger partial charge in [-0.3, -0.25) is 9.00 Å². The summed E-state index contributed by atoms with van der Waals surface area (Å²) in [5.74, 6) is 0.398. The fourth-order valence-electron chi connectivity index (χ4n) is 1.89. The zero-order valence-corrected chi connectivity index (χ0v) is 13.5. The zero-order chi connectivity index (χ0) is 14.5. The van der Waals surface area contributed by atoms with Gasteiger partial charge in [-0.05, 0) is 30.2 Å². The van der Waals surface area contributed by atoms with Gasteiger partial charge in [0.25, 0.3) is 0 Å². The van der Waals surface area contributed by atoms with Crippen molar-refractivity contribution in [1.29, 1.82) is 0 Å². The molecule has 2 aromatic carbocycles. The molecule has 0 N–H and O–H groups in total. The van der Waals surface area contributed by atoms with Gasteiger partial charge in [0.2, 0.25) is 0 Å². The third-order valence-corrected chi connectivity index (χ3v) is 4.73. The van der Waals surface area contributed by atoms with Crippen molar-refractivity contribution in [2.24, 2.45) is 0 Å². The summed E-state index contributed by atoms with van der Waals surface area (Å²) in [4.78, 5) is 12.1. The van der Waals surface area contributed by atoms with E-state index in [4.69, 9.17) is 0 Å². The maximum atomic E-state index is 12.1. The Bertz CT molecular complexity index is 652. The Hall–Kier alpha value is -1.26. The highest BCUT2D eigenvalue weighted by atomic mass is 79.9.